The predicted molar refractivity (Wildman–Crippen MR) is 218 cm³/mol. The highest BCUT2D eigenvalue weighted by Gasteiger charge is 2.34. The number of hydrogen-bond donors (Lipinski definition) is 2. The normalized spacial score (nSPS) is 13.9. The minimum absolute atomic E-state index is 0.0184. The lowest BCUT2D eigenvalue weighted by Gasteiger charge is -2.25. The molecule has 0 bridgehead atoms. The molecule has 4 aromatic carbocycles. The Morgan fingerprint density at radius 2 is 1.48 bits per heavy atom. The van der Waals surface area contributed by atoms with Gasteiger partial charge in [-0.2, -0.15) is 0 Å². The van der Waals surface area contributed by atoms with Crippen molar-refractivity contribution in [2.24, 2.45) is 5.92 Å². The molecule has 10 heteroatoms. The fourth-order valence-corrected chi connectivity index (χ4v) is 6.94. The number of carbonyl (C=O) groups is 6. The maximum absolute atomic E-state index is 14.4. The second kappa shape index (κ2) is 18.5. The van der Waals surface area contributed by atoms with Crippen LogP contribution in [0.15, 0.2) is 90.5 Å². The SMILES string of the molecule is CC(=O)CC[C@H](NC(=O)[C@H](CC(=O)OC(C)(C)C)CC(=O)[C@H](Cc1ccc2ccccc2c1)NC(=O)C1=Cc2cc(Cl)ccc2C1)C(=O)Cc1ccc(C)cc1. The van der Waals surface area contributed by atoms with Gasteiger partial charge < -0.3 is 20.2 Å². The smallest absolute Gasteiger partial charge is 0.307 e. The average molecular weight is 777 g/mol. The van der Waals surface area contributed by atoms with E-state index in [2.05, 4.69) is 10.6 Å². The third-order valence-electron chi connectivity index (χ3n) is 9.70. The van der Waals surface area contributed by atoms with Gasteiger partial charge in [0.1, 0.15) is 11.4 Å². The molecule has 0 saturated heterocycles. The highest BCUT2D eigenvalue weighted by atomic mass is 35.5. The number of Topliss-reactive ketones (excluding diaryl/α,β-unsaturated/α-hetero) is 3. The Balaban J connectivity index is 1.41. The molecule has 0 saturated carbocycles. The largest absolute Gasteiger partial charge is 0.460 e. The summed E-state index contributed by atoms with van der Waals surface area (Å²) in [5.41, 5.74) is 3.92. The van der Waals surface area contributed by atoms with E-state index in [0.717, 1.165) is 38.6 Å². The molecule has 0 aliphatic heterocycles. The molecule has 4 aromatic rings. The van der Waals surface area contributed by atoms with Gasteiger partial charge in [0.2, 0.25) is 11.8 Å². The molecule has 1 aliphatic carbocycles. The summed E-state index contributed by atoms with van der Waals surface area (Å²) in [5, 5.41) is 8.23. The van der Waals surface area contributed by atoms with E-state index in [0.29, 0.717) is 17.0 Å². The van der Waals surface area contributed by atoms with Crippen LogP contribution in [0.1, 0.15) is 81.2 Å². The number of ketones is 3. The van der Waals surface area contributed by atoms with Gasteiger partial charge in [0.05, 0.1) is 24.4 Å². The maximum atomic E-state index is 14.4. The van der Waals surface area contributed by atoms with Crippen molar-refractivity contribution in [1.82, 2.24) is 10.6 Å². The lowest BCUT2D eigenvalue weighted by molar-refractivity contribution is -0.157. The molecular formula is C46H49ClN2O7. The Hall–Kier alpha value is -5.41. The van der Waals surface area contributed by atoms with Crippen molar-refractivity contribution < 1.29 is 33.5 Å². The summed E-state index contributed by atoms with van der Waals surface area (Å²) in [6, 6.07) is 24.3. The van der Waals surface area contributed by atoms with Gasteiger partial charge in [-0.15, -0.1) is 0 Å². The first-order valence-corrected chi connectivity index (χ1v) is 19.3. The molecule has 2 N–H and O–H groups in total. The Bertz CT molecular complexity index is 2170. The molecule has 0 aromatic heterocycles. The van der Waals surface area contributed by atoms with Crippen LogP contribution in [0, 0.1) is 12.8 Å². The number of fused-ring (bicyclic) bond motifs is 2. The first kappa shape index (κ1) is 41.7. The number of aryl methyl sites for hydroxylation is 1. The van der Waals surface area contributed by atoms with E-state index in [4.69, 9.17) is 16.3 Å². The lowest BCUT2D eigenvalue weighted by Crippen LogP contribution is -2.48. The van der Waals surface area contributed by atoms with Gasteiger partial charge in [0.15, 0.2) is 11.6 Å². The van der Waals surface area contributed by atoms with Crippen molar-refractivity contribution in [3.8, 4) is 0 Å². The van der Waals surface area contributed by atoms with E-state index in [1.807, 2.05) is 79.7 Å². The van der Waals surface area contributed by atoms with Gasteiger partial charge in [-0.05, 0) is 98.7 Å². The standard InChI is InChI=1S/C46H49ClN2O7/c1-28-10-13-30(14-11-28)22-41(51)39(19-12-29(2)50)48-45(55)37(27-43(53)56-46(3,4)5)26-42(52)40(21-31-15-16-32-8-6-7-9-33(32)20-31)49-44(54)36-23-34-17-18-38(47)25-35(34)24-36/h6-11,13-18,20,24-25,37,39-40H,12,19,21-23,26-27H2,1-5H3,(H,48,55)(H,49,54)/t37-,39-,40-/m0/s1. The van der Waals surface area contributed by atoms with Crippen molar-refractivity contribution in [2.75, 3.05) is 0 Å². The monoisotopic (exact) mass is 776 g/mol. The van der Waals surface area contributed by atoms with Gasteiger partial charge in [-0.1, -0.05) is 90.0 Å². The maximum Gasteiger partial charge on any atom is 0.307 e. The zero-order valence-corrected chi connectivity index (χ0v) is 33.3. The fraction of sp³-hybridized carbons (Fsp3) is 0.348. The van der Waals surface area contributed by atoms with E-state index >= 15 is 0 Å². The van der Waals surface area contributed by atoms with E-state index in [1.54, 1.807) is 39.0 Å². The summed E-state index contributed by atoms with van der Waals surface area (Å²) in [6.45, 7) is 8.45. The summed E-state index contributed by atoms with van der Waals surface area (Å²) in [4.78, 5) is 81.2. The molecule has 56 heavy (non-hydrogen) atoms. The number of amides is 2. The van der Waals surface area contributed by atoms with Crippen molar-refractivity contribution in [3.05, 3.63) is 123 Å². The number of carbonyl (C=O) groups excluding carboxylic acids is 6. The van der Waals surface area contributed by atoms with Crippen molar-refractivity contribution in [1.29, 1.82) is 0 Å². The van der Waals surface area contributed by atoms with Crippen LogP contribution in [0.3, 0.4) is 0 Å². The highest BCUT2D eigenvalue weighted by molar-refractivity contribution is 6.30. The van der Waals surface area contributed by atoms with Crippen LogP contribution >= 0.6 is 11.6 Å². The highest BCUT2D eigenvalue weighted by Crippen LogP contribution is 2.28. The van der Waals surface area contributed by atoms with Crippen LogP contribution in [0.2, 0.25) is 5.02 Å². The third-order valence-corrected chi connectivity index (χ3v) is 9.93. The first-order chi connectivity index (χ1) is 26.5. The third kappa shape index (κ3) is 12.0. The van der Waals surface area contributed by atoms with E-state index in [1.165, 1.54) is 6.92 Å². The molecule has 0 spiro atoms. The minimum atomic E-state index is -1.24. The van der Waals surface area contributed by atoms with Crippen molar-refractivity contribution in [3.63, 3.8) is 0 Å². The first-order valence-electron chi connectivity index (χ1n) is 18.9. The molecule has 2 amide bonds. The van der Waals surface area contributed by atoms with Crippen LogP contribution < -0.4 is 10.6 Å². The van der Waals surface area contributed by atoms with Crippen molar-refractivity contribution >= 4 is 63.6 Å². The van der Waals surface area contributed by atoms with Crippen LogP contribution in [-0.4, -0.2) is 52.8 Å². The molecule has 0 fully saturated rings. The molecule has 9 nitrogen and oxygen atoms in total. The minimum Gasteiger partial charge on any atom is -0.460 e. The molecule has 0 radical (unpaired) electrons. The number of ether oxygens (including phenoxy) is 1. The van der Waals surface area contributed by atoms with Crippen LogP contribution in [0.25, 0.3) is 16.8 Å². The number of hydrogen-bond acceptors (Lipinski definition) is 7. The van der Waals surface area contributed by atoms with Gasteiger partial charge in [0.25, 0.3) is 0 Å². The molecule has 5 rings (SSSR count). The van der Waals surface area contributed by atoms with Crippen LogP contribution in [0.5, 0.6) is 0 Å². The molecule has 3 atom stereocenters. The van der Waals surface area contributed by atoms with Gasteiger partial charge in [-0.3, -0.25) is 24.0 Å². The van der Waals surface area contributed by atoms with Gasteiger partial charge >= 0.3 is 5.97 Å². The van der Waals surface area contributed by atoms with E-state index in [9.17, 15) is 28.8 Å². The van der Waals surface area contributed by atoms with Crippen LogP contribution in [0.4, 0.5) is 0 Å². The Labute approximate surface area is 333 Å². The summed E-state index contributed by atoms with van der Waals surface area (Å²) in [6.07, 6.45) is 1.48. The average Bonchev–Trinajstić information content (AvgIpc) is 3.56. The predicted octanol–water partition coefficient (Wildman–Crippen LogP) is 7.44. The summed E-state index contributed by atoms with van der Waals surface area (Å²) >= 11 is 6.20. The second-order valence-corrected chi connectivity index (χ2v) is 16.1. The summed E-state index contributed by atoms with van der Waals surface area (Å²) < 4.78 is 5.56. The summed E-state index contributed by atoms with van der Waals surface area (Å²) in [7, 11) is 0. The second-order valence-electron chi connectivity index (χ2n) is 15.7. The van der Waals surface area contributed by atoms with Crippen molar-refractivity contribution in [2.45, 2.75) is 97.2 Å². The fourth-order valence-electron chi connectivity index (χ4n) is 6.76. The zero-order chi connectivity index (χ0) is 40.6. The number of halogens is 1. The van der Waals surface area contributed by atoms with E-state index < -0.39 is 60.0 Å². The molecule has 1 aliphatic rings. The quantitative estimate of drug-likeness (QED) is 0.106. The number of esters is 1. The number of benzene rings is 4. The van der Waals surface area contributed by atoms with Crippen LogP contribution in [-0.2, 0) is 52.8 Å². The molecule has 292 valence electrons. The Morgan fingerprint density at radius 1 is 0.786 bits per heavy atom. The number of nitrogens with one attached hydrogen (secondary N) is 2. The zero-order valence-electron chi connectivity index (χ0n) is 32.6. The molecular weight excluding hydrogens is 728 g/mol. The summed E-state index contributed by atoms with van der Waals surface area (Å²) in [5.74, 6) is -3.99. The molecule has 0 heterocycles. The van der Waals surface area contributed by atoms with E-state index in [-0.39, 0.29) is 37.2 Å². The topological polar surface area (TPSA) is 136 Å². The number of rotatable bonds is 17. The Kier molecular flexibility index (Phi) is 13.8. The molecule has 0 unspecified atom stereocenters. The van der Waals surface area contributed by atoms with Gasteiger partial charge in [-0.25, -0.2) is 0 Å². The van der Waals surface area contributed by atoms with Gasteiger partial charge in [0, 0.05) is 36.3 Å². The lowest BCUT2D eigenvalue weighted by atomic mass is 9.90. The Morgan fingerprint density at radius 3 is 2.18 bits per heavy atom.